The number of hydrogen-bond donors (Lipinski definition) is 1. The molecule has 92 valence electrons. The molecular weight excluding hydrogens is 289 g/mol. The fourth-order valence-corrected chi connectivity index (χ4v) is 1.46. The van der Waals surface area contributed by atoms with Crippen LogP contribution in [0, 0.1) is 6.92 Å². The summed E-state index contributed by atoms with van der Waals surface area (Å²) in [6.45, 7) is 5.48. The number of hydrogen-bond acceptors (Lipinski definition) is 2. The highest BCUT2D eigenvalue weighted by Gasteiger charge is 2.32. The van der Waals surface area contributed by atoms with E-state index in [1.54, 1.807) is 0 Å². The fourth-order valence-electron chi connectivity index (χ4n) is 0.907. The van der Waals surface area contributed by atoms with E-state index in [4.69, 9.17) is 0 Å². The van der Waals surface area contributed by atoms with Gasteiger partial charge < -0.3 is 9.84 Å². The highest BCUT2D eigenvalue weighted by molar-refractivity contribution is 9.10. The second-order valence-electron chi connectivity index (χ2n) is 2.62. The van der Waals surface area contributed by atoms with E-state index in [9.17, 15) is 18.3 Å². The molecule has 0 amide bonds. The highest BCUT2D eigenvalue weighted by Crippen LogP contribution is 2.36. The van der Waals surface area contributed by atoms with E-state index in [1.807, 2.05) is 13.8 Å². The van der Waals surface area contributed by atoms with Gasteiger partial charge in [0.05, 0.1) is 0 Å². The molecule has 0 radical (unpaired) electrons. The van der Waals surface area contributed by atoms with Crippen LogP contribution in [-0.4, -0.2) is 11.5 Å². The van der Waals surface area contributed by atoms with Crippen molar-refractivity contribution in [2.45, 2.75) is 27.1 Å². The molecule has 0 spiro atoms. The zero-order valence-corrected chi connectivity index (χ0v) is 10.6. The Morgan fingerprint density at radius 1 is 1.25 bits per heavy atom. The summed E-state index contributed by atoms with van der Waals surface area (Å²) in [6, 6.07) is 2.54. The molecule has 0 saturated carbocycles. The van der Waals surface area contributed by atoms with E-state index >= 15 is 0 Å². The molecule has 0 bridgehead atoms. The summed E-state index contributed by atoms with van der Waals surface area (Å²) in [5.41, 5.74) is 0.304. The molecule has 0 aromatic heterocycles. The lowest BCUT2D eigenvalue weighted by atomic mass is 10.2. The highest BCUT2D eigenvalue weighted by atomic mass is 79.9. The Balaban J connectivity index is 0.00000106. The molecule has 0 saturated heterocycles. The van der Waals surface area contributed by atoms with Crippen molar-refractivity contribution in [1.82, 2.24) is 0 Å². The van der Waals surface area contributed by atoms with Crippen molar-refractivity contribution in [1.29, 1.82) is 0 Å². The van der Waals surface area contributed by atoms with Crippen LogP contribution >= 0.6 is 15.9 Å². The third-order valence-electron chi connectivity index (χ3n) is 1.46. The van der Waals surface area contributed by atoms with Crippen molar-refractivity contribution < 1.29 is 23.0 Å². The van der Waals surface area contributed by atoms with Gasteiger partial charge in [-0.3, -0.25) is 0 Å². The molecule has 6 heteroatoms. The third kappa shape index (κ3) is 4.74. The van der Waals surface area contributed by atoms with Crippen LogP contribution in [0.15, 0.2) is 16.6 Å². The molecule has 0 aliphatic rings. The average Bonchev–Trinajstić information content (AvgIpc) is 2.14. The van der Waals surface area contributed by atoms with Gasteiger partial charge in [0.2, 0.25) is 0 Å². The van der Waals surface area contributed by atoms with Gasteiger partial charge in [0, 0.05) is 4.47 Å². The van der Waals surface area contributed by atoms with Gasteiger partial charge >= 0.3 is 6.36 Å². The summed E-state index contributed by atoms with van der Waals surface area (Å²) in [5, 5.41) is 9.24. The summed E-state index contributed by atoms with van der Waals surface area (Å²) in [5.74, 6) is -1.12. The number of phenolic OH excluding ortho intramolecular Hbond substituents is 1. The predicted molar refractivity (Wildman–Crippen MR) is 58.6 cm³/mol. The molecule has 16 heavy (non-hydrogen) atoms. The smallest absolute Gasteiger partial charge is 0.504 e. The first-order valence-electron chi connectivity index (χ1n) is 4.54. The van der Waals surface area contributed by atoms with E-state index in [1.165, 1.54) is 13.0 Å². The minimum atomic E-state index is -4.80. The van der Waals surface area contributed by atoms with Crippen LogP contribution in [0.4, 0.5) is 13.2 Å². The number of aromatic hydroxyl groups is 1. The van der Waals surface area contributed by atoms with Crippen LogP contribution < -0.4 is 4.74 Å². The first-order valence-corrected chi connectivity index (χ1v) is 5.34. The molecule has 0 aliphatic carbocycles. The van der Waals surface area contributed by atoms with Gasteiger partial charge in [0.1, 0.15) is 0 Å². The average molecular weight is 301 g/mol. The molecule has 1 rings (SSSR count). The molecule has 0 heterocycles. The molecule has 0 atom stereocenters. The zero-order valence-electron chi connectivity index (χ0n) is 9.02. The van der Waals surface area contributed by atoms with Gasteiger partial charge in [-0.1, -0.05) is 29.8 Å². The van der Waals surface area contributed by atoms with Crippen LogP contribution in [-0.2, 0) is 0 Å². The number of phenols is 1. The molecule has 1 N–H and O–H groups in total. The summed E-state index contributed by atoms with van der Waals surface area (Å²) < 4.78 is 39.5. The van der Waals surface area contributed by atoms with Gasteiger partial charge in [0.25, 0.3) is 0 Å². The molecule has 0 aliphatic heterocycles. The predicted octanol–water partition coefficient (Wildman–Crippen LogP) is 4.39. The van der Waals surface area contributed by atoms with Crippen LogP contribution in [0.5, 0.6) is 11.5 Å². The van der Waals surface area contributed by atoms with Gasteiger partial charge in [-0.05, 0) is 24.6 Å². The van der Waals surface area contributed by atoms with E-state index < -0.39 is 17.9 Å². The van der Waals surface area contributed by atoms with E-state index in [0.717, 1.165) is 6.07 Å². The van der Waals surface area contributed by atoms with Gasteiger partial charge in [-0.15, -0.1) is 13.2 Å². The van der Waals surface area contributed by atoms with E-state index in [0.29, 0.717) is 10.0 Å². The Morgan fingerprint density at radius 3 is 2.19 bits per heavy atom. The van der Waals surface area contributed by atoms with Crippen molar-refractivity contribution in [3.05, 3.63) is 22.2 Å². The Bertz CT molecular complexity index is 351. The molecule has 1 aromatic carbocycles. The van der Waals surface area contributed by atoms with Crippen molar-refractivity contribution in [2.24, 2.45) is 0 Å². The lowest BCUT2D eigenvalue weighted by Gasteiger charge is -2.11. The Labute approximate surface area is 100 Å². The minimum Gasteiger partial charge on any atom is -0.504 e. The molecule has 0 fully saturated rings. The summed E-state index contributed by atoms with van der Waals surface area (Å²) in [7, 11) is 0. The summed E-state index contributed by atoms with van der Waals surface area (Å²) >= 11 is 3.00. The van der Waals surface area contributed by atoms with Crippen molar-refractivity contribution in [2.75, 3.05) is 0 Å². The van der Waals surface area contributed by atoms with Crippen LogP contribution in [0.25, 0.3) is 0 Å². The first-order chi connectivity index (χ1) is 7.29. The van der Waals surface area contributed by atoms with Gasteiger partial charge in [-0.2, -0.15) is 0 Å². The van der Waals surface area contributed by atoms with Crippen molar-refractivity contribution >= 4 is 15.9 Å². The second-order valence-corrected chi connectivity index (χ2v) is 3.53. The maximum absolute atomic E-state index is 11.8. The lowest BCUT2D eigenvalue weighted by molar-refractivity contribution is -0.275. The van der Waals surface area contributed by atoms with Gasteiger partial charge in [-0.25, -0.2) is 0 Å². The topological polar surface area (TPSA) is 29.5 Å². The lowest BCUT2D eigenvalue weighted by Crippen LogP contribution is -2.17. The second kappa shape index (κ2) is 5.98. The standard InChI is InChI=1S/C8H6BrF3O2.C2H6/c1-4-2-5(9)3-6(7(4)13)14-8(10,11)12;1-2/h2-3,13H,1H3;1-2H3. The first kappa shape index (κ1) is 15.1. The zero-order chi connectivity index (χ0) is 12.9. The molecule has 2 nitrogen and oxygen atoms in total. The number of alkyl halides is 3. The Kier molecular flexibility index (Phi) is 5.64. The van der Waals surface area contributed by atoms with Crippen LogP contribution in [0.3, 0.4) is 0 Å². The monoisotopic (exact) mass is 300 g/mol. The normalized spacial score (nSPS) is 10.4. The van der Waals surface area contributed by atoms with Gasteiger partial charge in [0.15, 0.2) is 11.5 Å². The van der Waals surface area contributed by atoms with E-state index in [-0.39, 0.29) is 0 Å². The number of benzene rings is 1. The SMILES string of the molecule is CC.Cc1cc(Br)cc(OC(F)(F)F)c1O. The third-order valence-corrected chi connectivity index (χ3v) is 1.91. The Hall–Kier alpha value is -0.910. The summed E-state index contributed by atoms with van der Waals surface area (Å²) in [4.78, 5) is 0. The van der Waals surface area contributed by atoms with Crippen LogP contribution in [0.2, 0.25) is 0 Å². The number of rotatable bonds is 1. The molecular formula is C10H12BrF3O2. The summed E-state index contributed by atoms with van der Waals surface area (Å²) in [6.07, 6.45) is -4.80. The minimum absolute atomic E-state index is 0.304. The van der Waals surface area contributed by atoms with Crippen molar-refractivity contribution in [3.63, 3.8) is 0 Å². The van der Waals surface area contributed by atoms with Crippen LogP contribution in [0.1, 0.15) is 19.4 Å². The number of ether oxygens (including phenoxy) is 1. The fraction of sp³-hybridized carbons (Fsp3) is 0.400. The Morgan fingerprint density at radius 2 is 1.75 bits per heavy atom. The maximum atomic E-state index is 11.8. The quantitative estimate of drug-likeness (QED) is 0.833. The van der Waals surface area contributed by atoms with E-state index in [2.05, 4.69) is 20.7 Å². The number of halogens is 4. The van der Waals surface area contributed by atoms with Crippen molar-refractivity contribution in [3.8, 4) is 11.5 Å². The maximum Gasteiger partial charge on any atom is 0.573 e. The molecule has 1 aromatic rings. The number of aryl methyl sites for hydroxylation is 1. The largest absolute Gasteiger partial charge is 0.573 e. The molecule has 0 unspecified atom stereocenters.